The van der Waals surface area contributed by atoms with E-state index in [1.165, 1.54) is 19.5 Å². The van der Waals surface area contributed by atoms with Crippen LogP contribution in [0.25, 0.3) is 0 Å². The number of halogens is 1. The molecule has 0 bridgehead atoms. The van der Waals surface area contributed by atoms with Crippen molar-refractivity contribution in [2.45, 2.75) is 39.7 Å². The summed E-state index contributed by atoms with van der Waals surface area (Å²) in [6.45, 7) is 9.95. The summed E-state index contributed by atoms with van der Waals surface area (Å²) in [6.07, 6.45) is 2.07. The molecule has 0 aromatic heterocycles. The Kier molecular flexibility index (Phi) is 5.26. The summed E-state index contributed by atoms with van der Waals surface area (Å²) in [5, 5.41) is 9.12. The number of hydrogen-bond acceptors (Lipinski definition) is 2. The normalized spacial score (nSPS) is 24.0. The minimum atomic E-state index is -0.145. The number of nitrogens with zero attached hydrogens (tertiary/aromatic N) is 1. The molecule has 1 aliphatic rings. The lowest BCUT2D eigenvalue weighted by molar-refractivity contribution is 0.160. The van der Waals surface area contributed by atoms with E-state index in [1.54, 1.807) is 0 Å². The zero-order valence-corrected chi connectivity index (χ0v) is 9.73. The van der Waals surface area contributed by atoms with Crippen molar-refractivity contribution < 1.29 is 5.11 Å². The van der Waals surface area contributed by atoms with Gasteiger partial charge in [0.15, 0.2) is 0 Å². The highest BCUT2D eigenvalue weighted by molar-refractivity contribution is 5.85. The fourth-order valence-electron chi connectivity index (χ4n) is 1.78. The average Bonchev–Trinajstić information content (AvgIpc) is 2.26. The average molecular weight is 208 g/mol. The molecule has 0 aromatic rings. The Morgan fingerprint density at radius 1 is 1.46 bits per heavy atom. The lowest BCUT2D eigenvalue weighted by Crippen LogP contribution is -2.26. The maximum Gasteiger partial charge on any atom is 0.0524 e. The molecule has 0 aliphatic carbocycles. The highest BCUT2D eigenvalue weighted by Crippen LogP contribution is 2.28. The second-order valence-electron chi connectivity index (χ2n) is 4.83. The fourth-order valence-corrected chi connectivity index (χ4v) is 1.78. The first kappa shape index (κ1) is 13.2. The highest BCUT2D eigenvalue weighted by atomic mass is 35.5. The molecule has 2 nitrogen and oxygen atoms in total. The second kappa shape index (κ2) is 5.18. The van der Waals surface area contributed by atoms with Gasteiger partial charge < -0.3 is 10.0 Å². The third-order valence-electron chi connectivity index (χ3n) is 2.62. The van der Waals surface area contributed by atoms with Crippen LogP contribution in [0.4, 0.5) is 0 Å². The second-order valence-corrected chi connectivity index (χ2v) is 4.83. The van der Waals surface area contributed by atoms with Crippen molar-refractivity contribution in [2.24, 2.45) is 5.41 Å². The van der Waals surface area contributed by atoms with Crippen molar-refractivity contribution >= 4 is 12.4 Å². The maximum atomic E-state index is 9.12. The molecule has 0 aromatic carbocycles. The van der Waals surface area contributed by atoms with Crippen LogP contribution in [0.5, 0.6) is 0 Å². The predicted octanol–water partition coefficient (Wildman–Crippen LogP) is 1.91. The fraction of sp³-hybridized carbons (Fsp3) is 1.00. The third-order valence-corrected chi connectivity index (χ3v) is 2.62. The summed E-state index contributed by atoms with van der Waals surface area (Å²) >= 11 is 0. The molecule has 1 saturated heterocycles. The quantitative estimate of drug-likeness (QED) is 0.765. The molecule has 0 spiro atoms. The van der Waals surface area contributed by atoms with Crippen molar-refractivity contribution in [3.63, 3.8) is 0 Å². The summed E-state index contributed by atoms with van der Waals surface area (Å²) in [5.41, 5.74) is 0.499. The van der Waals surface area contributed by atoms with Crippen LogP contribution < -0.4 is 0 Å². The Bertz CT molecular complexity index is 148. The lowest BCUT2D eigenvalue weighted by atomic mass is 9.93. The summed E-state index contributed by atoms with van der Waals surface area (Å²) in [6, 6.07) is 0. The van der Waals surface area contributed by atoms with Crippen molar-refractivity contribution in [3.8, 4) is 0 Å². The Morgan fingerprint density at radius 3 is 2.46 bits per heavy atom. The number of aliphatic hydroxyl groups is 1. The number of hydrogen-bond donors (Lipinski definition) is 1. The minimum absolute atomic E-state index is 0. The van der Waals surface area contributed by atoms with Gasteiger partial charge in [0.1, 0.15) is 0 Å². The molecule has 1 heterocycles. The minimum Gasteiger partial charge on any atom is -0.393 e. The Morgan fingerprint density at radius 2 is 2.08 bits per heavy atom. The van der Waals surface area contributed by atoms with E-state index in [-0.39, 0.29) is 18.5 Å². The molecule has 0 radical (unpaired) electrons. The van der Waals surface area contributed by atoms with Gasteiger partial charge in [-0.15, -0.1) is 12.4 Å². The molecular formula is C10H22ClNO. The van der Waals surface area contributed by atoms with Crippen molar-refractivity contribution in [1.29, 1.82) is 0 Å². The largest absolute Gasteiger partial charge is 0.393 e. The molecule has 3 heteroatoms. The molecule has 1 unspecified atom stereocenters. The van der Waals surface area contributed by atoms with E-state index < -0.39 is 0 Å². The van der Waals surface area contributed by atoms with Gasteiger partial charge in [-0.25, -0.2) is 0 Å². The van der Waals surface area contributed by atoms with Crippen LogP contribution in [0.2, 0.25) is 0 Å². The van der Waals surface area contributed by atoms with E-state index in [9.17, 15) is 0 Å². The van der Waals surface area contributed by atoms with Crippen LogP contribution in [-0.2, 0) is 0 Å². The van der Waals surface area contributed by atoms with Gasteiger partial charge in [0, 0.05) is 13.1 Å². The first-order chi connectivity index (χ1) is 5.49. The van der Waals surface area contributed by atoms with Crippen LogP contribution in [-0.4, -0.2) is 35.7 Å². The van der Waals surface area contributed by atoms with Gasteiger partial charge >= 0.3 is 0 Å². The summed E-state index contributed by atoms with van der Waals surface area (Å²) in [7, 11) is 0. The summed E-state index contributed by atoms with van der Waals surface area (Å²) in [5.74, 6) is 0. The molecule has 1 fully saturated rings. The first-order valence-electron chi connectivity index (χ1n) is 4.90. The van der Waals surface area contributed by atoms with E-state index >= 15 is 0 Å². The molecule has 1 N–H and O–H groups in total. The van der Waals surface area contributed by atoms with Gasteiger partial charge in [-0.1, -0.05) is 13.8 Å². The van der Waals surface area contributed by atoms with E-state index in [0.29, 0.717) is 5.41 Å². The zero-order valence-electron chi connectivity index (χ0n) is 8.92. The van der Waals surface area contributed by atoms with Crippen molar-refractivity contribution in [2.75, 3.05) is 19.6 Å². The van der Waals surface area contributed by atoms with Gasteiger partial charge in [0.25, 0.3) is 0 Å². The third kappa shape index (κ3) is 4.84. The maximum absolute atomic E-state index is 9.12. The van der Waals surface area contributed by atoms with Crippen LogP contribution in [0.3, 0.4) is 0 Å². The monoisotopic (exact) mass is 207 g/mol. The standard InChI is InChI=1S/C10H21NO.ClH/c1-9(12)4-6-11-7-5-10(2,3)8-11;/h9,12H,4-8H2,1-3H3;1H. The van der Waals surface area contributed by atoms with Crippen LogP contribution in [0.15, 0.2) is 0 Å². The van der Waals surface area contributed by atoms with Crippen molar-refractivity contribution in [1.82, 2.24) is 4.90 Å². The Hall–Kier alpha value is 0.210. The topological polar surface area (TPSA) is 23.5 Å². The van der Waals surface area contributed by atoms with Gasteiger partial charge in [0.05, 0.1) is 6.10 Å². The molecule has 13 heavy (non-hydrogen) atoms. The van der Waals surface area contributed by atoms with E-state index in [4.69, 9.17) is 5.11 Å². The molecule has 1 rings (SSSR count). The summed E-state index contributed by atoms with van der Waals surface area (Å²) in [4.78, 5) is 2.45. The van der Waals surface area contributed by atoms with E-state index in [0.717, 1.165) is 13.0 Å². The van der Waals surface area contributed by atoms with Gasteiger partial charge in [-0.3, -0.25) is 0 Å². The highest BCUT2D eigenvalue weighted by Gasteiger charge is 2.28. The molecule has 1 atom stereocenters. The van der Waals surface area contributed by atoms with Gasteiger partial charge in [0.2, 0.25) is 0 Å². The van der Waals surface area contributed by atoms with Crippen LogP contribution in [0.1, 0.15) is 33.6 Å². The SMILES string of the molecule is CC(O)CCN1CCC(C)(C)C1.Cl. The number of aliphatic hydroxyl groups excluding tert-OH is 1. The van der Waals surface area contributed by atoms with E-state index in [1.807, 2.05) is 6.92 Å². The Balaban J connectivity index is 0.00000144. The van der Waals surface area contributed by atoms with E-state index in [2.05, 4.69) is 18.7 Å². The van der Waals surface area contributed by atoms with Crippen molar-refractivity contribution in [3.05, 3.63) is 0 Å². The molecule has 1 aliphatic heterocycles. The van der Waals surface area contributed by atoms with Gasteiger partial charge in [-0.05, 0) is 31.7 Å². The molecule has 80 valence electrons. The smallest absolute Gasteiger partial charge is 0.0524 e. The lowest BCUT2D eigenvalue weighted by Gasteiger charge is -2.19. The van der Waals surface area contributed by atoms with Crippen LogP contribution in [0, 0.1) is 5.41 Å². The zero-order chi connectivity index (χ0) is 9.19. The van der Waals surface area contributed by atoms with Gasteiger partial charge in [-0.2, -0.15) is 0 Å². The summed E-state index contributed by atoms with van der Waals surface area (Å²) < 4.78 is 0. The Labute approximate surface area is 87.7 Å². The number of rotatable bonds is 3. The van der Waals surface area contributed by atoms with Crippen LogP contribution >= 0.6 is 12.4 Å². The molecule has 0 saturated carbocycles. The molecular weight excluding hydrogens is 186 g/mol. The number of likely N-dealkylation sites (tertiary alicyclic amines) is 1. The molecule has 0 amide bonds. The first-order valence-corrected chi connectivity index (χ1v) is 4.90. The predicted molar refractivity (Wildman–Crippen MR) is 58.4 cm³/mol.